The minimum atomic E-state index is 0.937. The van der Waals surface area contributed by atoms with Gasteiger partial charge in [-0.3, -0.25) is 9.88 Å². The number of halogens is 1. The van der Waals surface area contributed by atoms with Gasteiger partial charge in [-0.05, 0) is 25.2 Å². The molecule has 0 N–H and O–H groups in total. The molecule has 3 heteroatoms. The minimum absolute atomic E-state index is 0.937. The molecule has 2 nitrogen and oxygen atoms in total. The van der Waals surface area contributed by atoms with E-state index in [-0.39, 0.29) is 0 Å². The van der Waals surface area contributed by atoms with Crippen molar-refractivity contribution in [1.82, 2.24) is 9.88 Å². The van der Waals surface area contributed by atoms with Crippen molar-refractivity contribution in [3.63, 3.8) is 0 Å². The first kappa shape index (κ1) is 10.7. The Morgan fingerprint density at radius 3 is 2.62 bits per heavy atom. The summed E-state index contributed by atoms with van der Waals surface area (Å²) in [5.74, 6) is 0. The Morgan fingerprint density at radius 1 is 1.38 bits per heavy atom. The van der Waals surface area contributed by atoms with Crippen molar-refractivity contribution >= 4 is 15.9 Å². The van der Waals surface area contributed by atoms with Crippen molar-refractivity contribution in [2.75, 3.05) is 13.1 Å². The first-order chi connectivity index (χ1) is 6.26. The van der Waals surface area contributed by atoms with Gasteiger partial charge in [0.05, 0.1) is 5.69 Å². The largest absolute Gasteiger partial charge is 0.298 e. The summed E-state index contributed by atoms with van der Waals surface area (Å²) in [6.45, 7) is 7.42. The van der Waals surface area contributed by atoms with E-state index >= 15 is 0 Å². The molecule has 0 aliphatic heterocycles. The fraction of sp³-hybridized carbons (Fsp3) is 0.500. The molecule has 0 saturated heterocycles. The number of aromatic nitrogens is 1. The van der Waals surface area contributed by atoms with Crippen LogP contribution < -0.4 is 0 Å². The molecule has 0 aliphatic rings. The average Bonchev–Trinajstić information content (AvgIpc) is 2.14. The molecule has 1 heterocycles. The third kappa shape index (κ3) is 3.44. The van der Waals surface area contributed by atoms with Crippen LogP contribution in [0, 0.1) is 0 Å². The lowest BCUT2D eigenvalue weighted by atomic mass is 10.3. The zero-order chi connectivity index (χ0) is 9.68. The number of rotatable bonds is 4. The van der Waals surface area contributed by atoms with Crippen LogP contribution in [0.1, 0.15) is 19.5 Å². The second-order valence-electron chi connectivity index (χ2n) is 2.93. The molecule has 0 amide bonds. The summed E-state index contributed by atoms with van der Waals surface area (Å²) < 4.78 is 1.10. The summed E-state index contributed by atoms with van der Waals surface area (Å²) in [5, 5.41) is 0. The van der Waals surface area contributed by atoms with Gasteiger partial charge in [0, 0.05) is 17.2 Å². The zero-order valence-corrected chi connectivity index (χ0v) is 9.71. The molecular weight excluding hydrogens is 228 g/mol. The smallest absolute Gasteiger partial charge is 0.0555 e. The van der Waals surface area contributed by atoms with Crippen LogP contribution in [-0.2, 0) is 6.54 Å². The molecule has 0 bridgehead atoms. The highest BCUT2D eigenvalue weighted by Crippen LogP contribution is 2.10. The highest BCUT2D eigenvalue weighted by molar-refractivity contribution is 9.10. The van der Waals surface area contributed by atoms with Crippen molar-refractivity contribution in [2.45, 2.75) is 20.4 Å². The average molecular weight is 243 g/mol. The molecule has 1 aromatic heterocycles. The zero-order valence-electron chi connectivity index (χ0n) is 8.13. The SMILES string of the molecule is CCN(CC)Cc1cc(Br)ccn1. The van der Waals surface area contributed by atoms with E-state index in [1.54, 1.807) is 0 Å². The van der Waals surface area contributed by atoms with Crippen molar-refractivity contribution in [1.29, 1.82) is 0 Å². The molecule has 0 radical (unpaired) electrons. The van der Waals surface area contributed by atoms with Crippen LogP contribution in [0.5, 0.6) is 0 Å². The molecule has 0 unspecified atom stereocenters. The minimum Gasteiger partial charge on any atom is -0.298 e. The maximum atomic E-state index is 4.30. The van der Waals surface area contributed by atoms with Crippen LogP contribution in [0.15, 0.2) is 22.8 Å². The molecule has 0 aliphatic carbocycles. The summed E-state index contributed by atoms with van der Waals surface area (Å²) in [6.07, 6.45) is 1.84. The van der Waals surface area contributed by atoms with Crippen LogP contribution in [0.4, 0.5) is 0 Å². The van der Waals surface area contributed by atoms with Gasteiger partial charge in [0.2, 0.25) is 0 Å². The van der Waals surface area contributed by atoms with Gasteiger partial charge in [-0.25, -0.2) is 0 Å². The standard InChI is InChI=1S/C10H15BrN2/c1-3-13(4-2)8-10-7-9(11)5-6-12-10/h5-7H,3-4,8H2,1-2H3. The van der Waals surface area contributed by atoms with Gasteiger partial charge in [0.25, 0.3) is 0 Å². The molecule has 0 spiro atoms. The first-order valence-corrected chi connectivity index (χ1v) is 5.38. The molecule has 0 atom stereocenters. The molecule has 0 fully saturated rings. The van der Waals surface area contributed by atoms with E-state index in [1.165, 1.54) is 0 Å². The monoisotopic (exact) mass is 242 g/mol. The second-order valence-corrected chi connectivity index (χ2v) is 3.84. The van der Waals surface area contributed by atoms with Crippen molar-refractivity contribution in [3.8, 4) is 0 Å². The number of pyridine rings is 1. The lowest BCUT2D eigenvalue weighted by Gasteiger charge is -2.17. The van der Waals surface area contributed by atoms with Crippen LogP contribution in [0.2, 0.25) is 0 Å². The van der Waals surface area contributed by atoms with Crippen molar-refractivity contribution in [3.05, 3.63) is 28.5 Å². The fourth-order valence-electron chi connectivity index (χ4n) is 1.21. The third-order valence-electron chi connectivity index (χ3n) is 2.06. The van der Waals surface area contributed by atoms with E-state index in [0.29, 0.717) is 0 Å². The predicted molar refractivity (Wildman–Crippen MR) is 58.6 cm³/mol. The van der Waals surface area contributed by atoms with Crippen LogP contribution in [-0.4, -0.2) is 23.0 Å². The molecule has 72 valence electrons. The van der Waals surface area contributed by atoms with Crippen LogP contribution >= 0.6 is 15.9 Å². The van der Waals surface area contributed by atoms with E-state index in [2.05, 4.69) is 45.7 Å². The van der Waals surface area contributed by atoms with Gasteiger partial charge in [-0.15, -0.1) is 0 Å². The van der Waals surface area contributed by atoms with E-state index in [1.807, 2.05) is 12.3 Å². The molecular formula is C10H15BrN2. The third-order valence-corrected chi connectivity index (χ3v) is 2.55. The predicted octanol–water partition coefficient (Wildman–Crippen LogP) is 2.69. The second kappa shape index (κ2) is 5.35. The van der Waals surface area contributed by atoms with Gasteiger partial charge in [0.15, 0.2) is 0 Å². The maximum absolute atomic E-state index is 4.30. The molecule has 13 heavy (non-hydrogen) atoms. The Labute approximate surface area is 88.1 Å². The van der Waals surface area contributed by atoms with E-state index in [0.717, 1.165) is 29.8 Å². The normalized spacial score (nSPS) is 10.8. The summed E-state index contributed by atoms with van der Waals surface area (Å²) in [7, 11) is 0. The Hall–Kier alpha value is -0.410. The lowest BCUT2D eigenvalue weighted by molar-refractivity contribution is 0.292. The Kier molecular flexibility index (Phi) is 4.39. The van der Waals surface area contributed by atoms with Gasteiger partial charge < -0.3 is 0 Å². The summed E-state index contributed by atoms with van der Waals surface area (Å²) >= 11 is 3.44. The van der Waals surface area contributed by atoms with Crippen LogP contribution in [0.3, 0.4) is 0 Å². The maximum Gasteiger partial charge on any atom is 0.0555 e. The first-order valence-electron chi connectivity index (χ1n) is 4.59. The number of nitrogens with zero attached hydrogens (tertiary/aromatic N) is 2. The van der Waals surface area contributed by atoms with Crippen molar-refractivity contribution < 1.29 is 0 Å². The summed E-state index contributed by atoms with van der Waals surface area (Å²) in [5.41, 5.74) is 1.12. The topological polar surface area (TPSA) is 16.1 Å². The van der Waals surface area contributed by atoms with Crippen LogP contribution in [0.25, 0.3) is 0 Å². The number of hydrogen-bond acceptors (Lipinski definition) is 2. The Bertz CT molecular complexity index is 259. The van der Waals surface area contributed by atoms with Crippen molar-refractivity contribution in [2.24, 2.45) is 0 Å². The molecule has 1 rings (SSSR count). The highest BCUT2D eigenvalue weighted by atomic mass is 79.9. The quantitative estimate of drug-likeness (QED) is 0.808. The molecule has 0 aromatic carbocycles. The van der Waals surface area contributed by atoms with E-state index < -0.39 is 0 Å². The van der Waals surface area contributed by atoms with Gasteiger partial charge in [0.1, 0.15) is 0 Å². The Balaban J connectivity index is 2.62. The van der Waals surface area contributed by atoms with Gasteiger partial charge in [-0.2, -0.15) is 0 Å². The van der Waals surface area contributed by atoms with E-state index in [4.69, 9.17) is 0 Å². The molecule has 1 aromatic rings. The molecule has 0 saturated carbocycles. The summed E-state index contributed by atoms with van der Waals surface area (Å²) in [4.78, 5) is 6.65. The van der Waals surface area contributed by atoms with Gasteiger partial charge in [-0.1, -0.05) is 29.8 Å². The fourth-order valence-corrected chi connectivity index (χ4v) is 1.59. The highest BCUT2D eigenvalue weighted by Gasteiger charge is 2.01. The number of hydrogen-bond donors (Lipinski definition) is 0. The van der Waals surface area contributed by atoms with Gasteiger partial charge >= 0.3 is 0 Å². The lowest BCUT2D eigenvalue weighted by Crippen LogP contribution is -2.22. The summed E-state index contributed by atoms with van der Waals surface area (Å²) in [6, 6.07) is 4.02. The van der Waals surface area contributed by atoms with E-state index in [9.17, 15) is 0 Å². The Morgan fingerprint density at radius 2 is 2.08 bits per heavy atom.